The van der Waals surface area contributed by atoms with Crippen molar-refractivity contribution < 1.29 is 4.79 Å². The third-order valence-electron chi connectivity index (χ3n) is 4.03. The molecule has 0 aromatic carbocycles. The first kappa shape index (κ1) is 13.8. The van der Waals surface area contributed by atoms with Crippen LogP contribution in [0.3, 0.4) is 0 Å². The zero-order valence-electron chi connectivity index (χ0n) is 11.9. The summed E-state index contributed by atoms with van der Waals surface area (Å²) in [7, 11) is 0. The van der Waals surface area contributed by atoms with Crippen molar-refractivity contribution in [3.63, 3.8) is 0 Å². The van der Waals surface area contributed by atoms with Crippen molar-refractivity contribution in [1.82, 2.24) is 10.2 Å². The second kappa shape index (κ2) is 5.17. The van der Waals surface area contributed by atoms with Crippen molar-refractivity contribution in [2.45, 2.75) is 76.5 Å². The van der Waals surface area contributed by atoms with Gasteiger partial charge in [-0.3, -0.25) is 9.69 Å². The van der Waals surface area contributed by atoms with Crippen molar-refractivity contribution in [3.05, 3.63) is 0 Å². The molecule has 4 nitrogen and oxygen atoms in total. The lowest BCUT2D eigenvalue weighted by molar-refractivity contribution is -0.123. The number of carbonyl (C=O) groups excluding carboxylic acids is 1. The van der Waals surface area contributed by atoms with E-state index < -0.39 is 0 Å². The molecule has 18 heavy (non-hydrogen) atoms. The van der Waals surface area contributed by atoms with Crippen molar-refractivity contribution in [1.29, 1.82) is 0 Å². The third-order valence-corrected chi connectivity index (χ3v) is 4.03. The minimum Gasteiger partial charge on any atom is -0.351 e. The van der Waals surface area contributed by atoms with E-state index in [1.165, 1.54) is 12.8 Å². The molecule has 0 saturated carbocycles. The summed E-state index contributed by atoms with van der Waals surface area (Å²) < 4.78 is 0. The predicted octanol–water partition coefficient (Wildman–Crippen LogP) is 1.25. The molecule has 2 rings (SSSR count). The number of hydrogen-bond acceptors (Lipinski definition) is 3. The van der Waals surface area contributed by atoms with Gasteiger partial charge < -0.3 is 11.1 Å². The number of fused-ring (bicyclic) bond motifs is 2. The first-order valence-corrected chi connectivity index (χ1v) is 7.17. The number of carbonyl (C=O) groups is 1. The van der Waals surface area contributed by atoms with Crippen molar-refractivity contribution >= 4 is 5.91 Å². The SMILES string of the molecule is CC(C)(C)NC(=O)CCN1C2CCC1CC(N)C2. The molecule has 2 unspecified atom stereocenters. The highest BCUT2D eigenvalue weighted by Crippen LogP contribution is 2.34. The summed E-state index contributed by atoms with van der Waals surface area (Å²) in [5.41, 5.74) is 5.93. The maximum Gasteiger partial charge on any atom is 0.221 e. The fraction of sp³-hybridized carbons (Fsp3) is 0.929. The molecule has 2 bridgehead atoms. The molecule has 1 amide bonds. The average molecular weight is 253 g/mol. The molecule has 0 aliphatic carbocycles. The van der Waals surface area contributed by atoms with Crippen LogP contribution in [0.25, 0.3) is 0 Å². The van der Waals surface area contributed by atoms with E-state index in [0.717, 1.165) is 19.4 Å². The minimum atomic E-state index is -0.125. The van der Waals surface area contributed by atoms with Crippen LogP contribution < -0.4 is 11.1 Å². The third kappa shape index (κ3) is 3.45. The van der Waals surface area contributed by atoms with Crippen molar-refractivity contribution in [2.24, 2.45) is 5.73 Å². The standard InChI is InChI=1S/C14H27N3O/c1-14(2,3)16-13(18)6-7-17-11-4-5-12(17)9-10(15)8-11/h10-12H,4-9,15H2,1-3H3,(H,16,18). The Balaban J connectivity index is 1.79. The van der Waals surface area contributed by atoms with E-state index in [-0.39, 0.29) is 11.4 Å². The summed E-state index contributed by atoms with van der Waals surface area (Å²) in [6, 6.07) is 1.63. The fourth-order valence-electron chi connectivity index (χ4n) is 3.39. The Kier molecular flexibility index (Phi) is 3.97. The highest BCUT2D eigenvalue weighted by Gasteiger charge is 2.39. The summed E-state index contributed by atoms with van der Waals surface area (Å²) in [5.74, 6) is 0.164. The summed E-state index contributed by atoms with van der Waals surface area (Å²) >= 11 is 0. The Bertz CT molecular complexity index is 297. The van der Waals surface area contributed by atoms with Gasteiger partial charge in [0.1, 0.15) is 0 Å². The molecule has 2 saturated heterocycles. The Morgan fingerprint density at radius 1 is 1.28 bits per heavy atom. The summed E-state index contributed by atoms with van der Waals surface area (Å²) in [6.07, 6.45) is 5.35. The molecular weight excluding hydrogens is 226 g/mol. The lowest BCUT2D eigenvalue weighted by atomic mass is 9.98. The second-order valence-corrected chi connectivity index (χ2v) is 6.90. The lowest BCUT2D eigenvalue weighted by Gasteiger charge is -2.37. The van der Waals surface area contributed by atoms with Crippen LogP contribution in [0.5, 0.6) is 0 Å². The maximum atomic E-state index is 11.8. The molecule has 2 fully saturated rings. The van der Waals surface area contributed by atoms with Crippen LogP contribution in [0.1, 0.15) is 52.9 Å². The smallest absolute Gasteiger partial charge is 0.221 e. The van der Waals surface area contributed by atoms with Gasteiger partial charge in [0.15, 0.2) is 0 Å². The van der Waals surface area contributed by atoms with Crippen LogP contribution in [-0.4, -0.2) is 41.0 Å². The van der Waals surface area contributed by atoms with Gasteiger partial charge in [-0.1, -0.05) is 0 Å². The fourth-order valence-corrected chi connectivity index (χ4v) is 3.39. The van der Waals surface area contributed by atoms with E-state index in [9.17, 15) is 4.79 Å². The predicted molar refractivity (Wildman–Crippen MR) is 73.2 cm³/mol. The number of rotatable bonds is 3. The average Bonchev–Trinajstić information content (AvgIpc) is 2.44. The van der Waals surface area contributed by atoms with Crippen LogP contribution in [0.2, 0.25) is 0 Å². The number of hydrogen-bond donors (Lipinski definition) is 2. The van der Waals surface area contributed by atoms with Gasteiger partial charge in [0.25, 0.3) is 0 Å². The molecule has 2 heterocycles. The van der Waals surface area contributed by atoms with E-state index in [2.05, 4.69) is 10.2 Å². The Morgan fingerprint density at radius 2 is 1.83 bits per heavy atom. The van der Waals surface area contributed by atoms with Crippen LogP contribution in [0.4, 0.5) is 0 Å². The van der Waals surface area contributed by atoms with E-state index in [1.807, 2.05) is 20.8 Å². The number of piperidine rings is 1. The van der Waals surface area contributed by atoms with E-state index in [1.54, 1.807) is 0 Å². The second-order valence-electron chi connectivity index (χ2n) is 6.90. The topological polar surface area (TPSA) is 58.4 Å². The quantitative estimate of drug-likeness (QED) is 0.796. The van der Waals surface area contributed by atoms with Crippen molar-refractivity contribution in [2.75, 3.05) is 6.54 Å². The van der Waals surface area contributed by atoms with Crippen LogP contribution in [0.15, 0.2) is 0 Å². The van der Waals surface area contributed by atoms with Gasteiger partial charge in [0, 0.05) is 36.6 Å². The Hall–Kier alpha value is -0.610. The maximum absolute atomic E-state index is 11.8. The Morgan fingerprint density at radius 3 is 2.33 bits per heavy atom. The molecule has 0 aromatic rings. The summed E-state index contributed by atoms with van der Waals surface area (Å²) in [4.78, 5) is 14.4. The molecular formula is C14H27N3O. The number of nitrogens with one attached hydrogen (secondary N) is 1. The van der Waals surface area contributed by atoms with Crippen LogP contribution >= 0.6 is 0 Å². The van der Waals surface area contributed by atoms with Gasteiger partial charge in [0.05, 0.1) is 0 Å². The van der Waals surface area contributed by atoms with Crippen molar-refractivity contribution in [3.8, 4) is 0 Å². The summed E-state index contributed by atoms with van der Waals surface area (Å²) in [5, 5.41) is 3.03. The van der Waals surface area contributed by atoms with Gasteiger partial charge in [-0.05, 0) is 46.5 Å². The zero-order valence-corrected chi connectivity index (χ0v) is 11.9. The molecule has 2 aliphatic rings. The Labute approximate surface area is 110 Å². The molecule has 2 aliphatic heterocycles. The first-order valence-electron chi connectivity index (χ1n) is 7.17. The summed E-state index contributed by atoms with van der Waals surface area (Å²) in [6.45, 7) is 6.96. The van der Waals surface area contributed by atoms with Gasteiger partial charge >= 0.3 is 0 Å². The zero-order chi connectivity index (χ0) is 13.3. The first-order chi connectivity index (χ1) is 8.35. The lowest BCUT2D eigenvalue weighted by Crippen LogP contribution is -2.49. The van der Waals surface area contributed by atoms with Crippen LogP contribution in [0, 0.1) is 0 Å². The van der Waals surface area contributed by atoms with E-state index in [0.29, 0.717) is 24.5 Å². The molecule has 3 N–H and O–H groups in total. The van der Waals surface area contributed by atoms with Gasteiger partial charge in [-0.25, -0.2) is 0 Å². The highest BCUT2D eigenvalue weighted by atomic mass is 16.1. The molecule has 104 valence electrons. The molecule has 4 heteroatoms. The minimum absolute atomic E-state index is 0.125. The van der Waals surface area contributed by atoms with Gasteiger partial charge in [0.2, 0.25) is 5.91 Å². The monoisotopic (exact) mass is 253 g/mol. The van der Waals surface area contributed by atoms with Gasteiger partial charge in [-0.2, -0.15) is 0 Å². The van der Waals surface area contributed by atoms with E-state index >= 15 is 0 Å². The normalized spacial score (nSPS) is 32.6. The van der Waals surface area contributed by atoms with E-state index in [4.69, 9.17) is 5.73 Å². The van der Waals surface area contributed by atoms with Gasteiger partial charge in [-0.15, -0.1) is 0 Å². The molecule has 2 atom stereocenters. The largest absolute Gasteiger partial charge is 0.351 e. The molecule has 0 spiro atoms. The number of amides is 1. The highest BCUT2D eigenvalue weighted by molar-refractivity contribution is 5.76. The molecule has 0 aromatic heterocycles. The number of nitrogens with zero attached hydrogens (tertiary/aromatic N) is 1. The van der Waals surface area contributed by atoms with Crippen LogP contribution in [-0.2, 0) is 4.79 Å². The number of nitrogens with two attached hydrogens (primary N) is 1. The molecule has 0 radical (unpaired) electrons.